The molecule has 1 aromatic heterocycles. The molecule has 124 valence electrons. The number of carbonyl (C=O) groups excluding carboxylic acids is 1. The minimum atomic E-state index is -0.0763. The molecule has 0 radical (unpaired) electrons. The molecule has 1 heterocycles. The fourth-order valence-electron chi connectivity index (χ4n) is 2.28. The summed E-state index contributed by atoms with van der Waals surface area (Å²) in [6, 6.07) is 7.62. The van der Waals surface area contributed by atoms with Gasteiger partial charge in [-0.05, 0) is 38.1 Å². The summed E-state index contributed by atoms with van der Waals surface area (Å²) in [6.45, 7) is 4.87. The highest BCUT2D eigenvalue weighted by Gasteiger charge is 2.18. The van der Waals surface area contributed by atoms with E-state index >= 15 is 0 Å². The van der Waals surface area contributed by atoms with Crippen molar-refractivity contribution < 1.29 is 9.32 Å². The normalized spacial score (nSPS) is 12.4. The molecular weight excluding hydrogens is 292 g/mol. The van der Waals surface area contributed by atoms with Gasteiger partial charge in [-0.25, -0.2) is 0 Å². The van der Waals surface area contributed by atoms with Gasteiger partial charge in [0.15, 0.2) is 5.82 Å². The van der Waals surface area contributed by atoms with Gasteiger partial charge in [-0.3, -0.25) is 9.69 Å². The van der Waals surface area contributed by atoms with Crippen LogP contribution in [0.2, 0.25) is 0 Å². The van der Waals surface area contributed by atoms with Crippen molar-refractivity contribution in [2.75, 3.05) is 14.1 Å². The van der Waals surface area contributed by atoms with E-state index in [9.17, 15) is 4.79 Å². The molecule has 0 spiro atoms. The van der Waals surface area contributed by atoms with E-state index in [0.29, 0.717) is 11.5 Å². The van der Waals surface area contributed by atoms with Crippen LogP contribution in [-0.4, -0.2) is 35.0 Å². The number of carbonyl (C=O) groups is 1. The third-order valence-electron chi connectivity index (χ3n) is 3.85. The summed E-state index contributed by atoms with van der Waals surface area (Å²) in [6.07, 6.45) is 1.84. The number of hydrogen-bond donors (Lipinski definition) is 1. The molecule has 6 nitrogen and oxygen atoms in total. The Morgan fingerprint density at radius 2 is 2.04 bits per heavy atom. The van der Waals surface area contributed by atoms with Crippen LogP contribution in [0.15, 0.2) is 28.8 Å². The molecule has 0 saturated carbocycles. The van der Waals surface area contributed by atoms with Crippen molar-refractivity contribution in [3.8, 4) is 0 Å². The number of amides is 1. The zero-order chi connectivity index (χ0) is 16.8. The van der Waals surface area contributed by atoms with Crippen molar-refractivity contribution in [2.24, 2.45) is 0 Å². The Kier molecular flexibility index (Phi) is 5.87. The predicted molar refractivity (Wildman–Crippen MR) is 88.0 cm³/mol. The lowest BCUT2D eigenvalue weighted by molar-refractivity contribution is 0.0963. The summed E-state index contributed by atoms with van der Waals surface area (Å²) < 4.78 is 5.35. The molecule has 1 atom stereocenters. The number of hydrogen-bond acceptors (Lipinski definition) is 5. The minimum absolute atomic E-state index is 0.0340. The van der Waals surface area contributed by atoms with E-state index in [0.717, 1.165) is 30.8 Å². The van der Waals surface area contributed by atoms with Crippen molar-refractivity contribution >= 4 is 5.91 Å². The van der Waals surface area contributed by atoms with E-state index in [1.807, 2.05) is 38.2 Å². The van der Waals surface area contributed by atoms with Gasteiger partial charge in [0.05, 0.1) is 6.04 Å². The lowest BCUT2D eigenvalue weighted by atomic mass is 10.1. The first-order valence-corrected chi connectivity index (χ1v) is 7.88. The molecule has 0 aliphatic heterocycles. The second-order valence-corrected chi connectivity index (χ2v) is 5.67. The lowest BCUT2D eigenvalue weighted by Gasteiger charge is -2.21. The van der Waals surface area contributed by atoms with E-state index in [1.54, 1.807) is 7.05 Å². The Morgan fingerprint density at radius 3 is 2.65 bits per heavy atom. The fraction of sp³-hybridized carbons (Fsp3) is 0.471. The SMILES string of the molecule is CCCc1noc(C(C)N(C)Cc2ccc(C(=O)NC)cc2)n1. The minimum Gasteiger partial charge on any atom is -0.355 e. The summed E-state index contributed by atoms with van der Waals surface area (Å²) in [5, 5.41) is 6.62. The number of benzene rings is 1. The number of rotatable bonds is 7. The van der Waals surface area contributed by atoms with Crippen LogP contribution in [-0.2, 0) is 13.0 Å². The Morgan fingerprint density at radius 1 is 1.35 bits per heavy atom. The second kappa shape index (κ2) is 7.87. The smallest absolute Gasteiger partial charge is 0.251 e. The summed E-state index contributed by atoms with van der Waals surface area (Å²) in [5.41, 5.74) is 1.79. The fourth-order valence-corrected chi connectivity index (χ4v) is 2.28. The Labute approximate surface area is 136 Å². The van der Waals surface area contributed by atoms with E-state index in [1.165, 1.54) is 0 Å². The summed E-state index contributed by atoms with van der Waals surface area (Å²) >= 11 is 0. The molecule has 1 amide bonds. The van der Waals surface area contributed by atoms with Gasteiger partial charge in [0.1, 0.15) is 0 Å². The highest BCUT2D eigenvalue weighted by atomic mass is 16.5. The number of aromatic nitrogens is 2. The first-order valence-electron chi connectivity index (χ1n) is 7.88. The monoisotopic (exact) mass is 316 g/mol. The van der Waals surface area contributed by atoms with Crippen LogP contribution in [0.3, 0.4) is 0 Å². The van der Waals surface area contributed by atoms with Crippen LogP contribution in [0.5, 0.6) is 0 Å². The highest BCUT2D eigenvalue weighted by molar-refractivity contribution is 5.93. The van der Waals surface area contributed by atoms with Gasteiger partial charge in [0.2, 0.25) is 5.89 Å². The van der Waals surface area contributed by atoms with Crippen LogP contribution in [0.4, 0.5) is 0 Å². The van der Waals surface area contributed by atoms with E-state index < -0.39 is 0 Å². The first-order chi connectivity index (χ1) is 11.0. The molecule has 0 aliphatic rings. The second-order valence-electron chi connectivity index (χ2n) is 5.67. The van der Waals surface area contributed by atoms with Crippen LogP contribution < -0.4 is 5.32 Å². The average Bonchev–Trinajstić information content (AvgIpc) is 3.03. The largest absolute Gasteiger partial charge is 0.355 e. The van der Waals surface area contributed by atoms with Crippen LogP contribution in [0.25, 0.3) is 0 Å². The van der Waals surface area contributed by atoms with Crippen LogP contribution >= 0.6 is 0 Å². The molecule has 1 aromatic carbocycles. The van der Waals surface area contributed by atoms with Crippen molar-refractivity contribution in [2.45, 2.75) is 39.3 Å². The quantitative estimate of drug-likeness (QED) is 0.850. The van der Waals surface area contributed by atoms with Crippen molar-refractivity contribution in [1.82, 2.24) is 20.4 Å². The molecule has 1 unspecified atom stereocenters. The van der Waals surface area contributed by atoms with Gasteiger partial charge in [-0.2, -0.15) is 4.98 Å². The van der Waals surface area contributed by atoms with Gasteiger partial charge in [-0.15, -0.1) is 0 Å². The number of nitrogens with zero attached hydrogens (tertiary/aromatic N) is 3. The predicted octanol–water partition coefficient (Wildman–Crippen LogP) is 2.57. The standard InChI is InChI=1S/C17H24N4O2/c1-5-6-15-19-17(23-20-15)12(2)21(4)11-13-7-9-14(10-8-13)16(22)18-3/h7-10,12H,5-6,11H2,1-4H3,(H,18,22). The molecular formula is C17H24N4O2. The number of aryl methyl sites for hydroxylation is 1. The molecule has 1 N–H and O–H groups in total. The summed E-state index contributed by atoms with van der Waals surface area (Å²) in [7, 11) is 3.64. The number of nitrogens with one attached hydrogen (secondary N) is 1. The van der Waals surface area contributed by atoms with Gasteiger partial charge in [-0.1, -0.05) is 24.2 Å². The molecule has 0 saturated heterocycles. The Bertz CT molecular complexity index is 636. The third kappa shape index (κ3) is 4.39. The van der Waals surface area contributed by atoms with Crippen molar-refractivity contribution in [1.29, 1.82) is 0 Å². The van der Waals surface area contributed by atoms with Crippen molar-refractivity contribution in [3.63, 3.8) is 0 Å². The lowest BCUT2D eigenvalue weighted by Crippen LogP contribution is -2.22. The first kappa shape index (κ1) is 17.1. The molecule has 23 heavy (non-hydrogen) atoms. The highest BCUT2D eigenvalue weighted by Crippen LogP contribution is 2.19. The van der Waals surface area contributed by atoms with E-state index in [4.69, 9.17) is 4.52 Å². The van der Waals surface area contributed by atoms with Crippen LogP contribution in [0, 0.1) is 0 Å². The molecule has 2 aromatic rings. The topological polar surface area (TPSA) is 71.3 Å². The summed E-state index contributed by atoms with van der Waals surface area (Å²) in [5.74, 6) is 1.32. The summed E-state index contributed by atoms with van der Waals surface area (Å²) in [4.78, 5) is 18.1. The van der Waals surface area contributed by atoms with Gasteiger partial charge in [0, 0.05) is 25.6 Å². The van der Waals surface area contributed by atoms with Crippen molar-refractivity contribution in [3.05, 3.63) is 47.1 Å². The van der Waals surface area contributed by atoms with Gasteiger partial charge < -0.3 is 9.84 Å². The van der Waals surface area contributed by atoms with E-state index in [-0.39, 0.29) is 11.9 Å². The Hall–Kier alpha value is -2.21. The van der Waals surface area contributed by atoms with Gasteiger partial charge >= 0.3 is 0 Å². The Balaban J connectivity index is 1.99. The third-order valence-corrected chi connectivity index (χ3v) is 3.85. The van der Waals surface area contributed by atoms with Gasteiger partial charge in [0.25, 0.3) is 5.91 Å². The average molecular weight is 316 g/mol. The zero-order valence-corrected chi connectivity index (χ0v) is 14.2. The molecule has 0 fully saturated rings. The molecule has 6 heteroatoms. The molecule has 2 rings (SSSR count). The maximum atomic E-state index is 11.5. The molecule has 0 aliphatic carbocycles. The van der Waals surface area contributed by atoms with E-state index in [2.05, 4.69) is 27.3 Å². The maximum absolute atomic E-state index is 11.5. The van der Waals surface area contributed by atoms with Crippen LogP contribution in [0.1, 0.15) is 53.9 Å². The zero-order valence-electron chi connectivity index (χ0n) is 14.2. The molecule has 0 bridgehead atoms. The maximum Gasteiger partial charge on any atom is 0.251 e.